The van der Waals surface area contributed by atoms with Crippen LogP contribution in [-0.2, 0) is 0 Å². The minimum Gasteiger partial charge on any atom is -0.147 e. The zero-order chi connectivity index (χ0) is 16.3. The minimum atomic E-state index is 0.342. The molecule has 6 heteroatoms. The second-order valence-corrected chi connectivity index (χ2v) is 5.90. The van der Waals surface area contributed by atoms with Gasteiger partial charge in [-0.3, -0.25) is 0 Å². The van der Waals surface area contributed by atoms with E-state index in [0.717, 1.165) is 11.1 Å². The lowest BCUT2D eigenvalue weighted by Gasteiger charge is -2.06. The summed E-state index contributed by atoms with van der Waals surface area (Å²) >= 11 is 24.6. The number of rotatable bonds is 4. The Morgan fingerprint density at radius 3 is 1.14 bits per heavy atom. The molecule has 22 heavy (non-hydrogen) atoms. The molecule has 0 aliphatic carbocycles. The first kappa shape index (κ1) is 17.6. The van der Waals surface area contributed by atoms with E-state index >= 15 is 0 Å². The van der Waals surface area contributed by atoms with Gasteiger partial charge in [0.15, 0.2) is 0 Å². The van der Waals surface area contributed by atoms with Gasteiger partial charge < -0.3 is 0 Å². The monoisotopic (exact) mass is 370 g/mol. The number of hydrogen-bond donors (Lipinski definition) is 0. The summed E-state index contributed by atoms with van der Waals surface area (Å²) in [6.07, 6.45) is 3.28. The molecule has 2 rings (SSSR count). The molecule has 0 amide bonds. The molecular weight excluding hydrogens is 362 g/mol. The van der Waals surface area contributed by atoms with Crippen molar-refractivity contribution in [2.75, 3.05) is 0 Å². The average molecular weight is 372 g/mol. The van der Waals surface area contributed by atoms with Gasteiger partial charge in [-0.25, -0.2) is 0 Å². The van der Waals surface area contributed by atoms with Crippen molar-refractivity contribution in [2.45, 2.75) is 0 Å². The maximum atomic E-state index is 6.14. The Morgan fingerprint density at radius 2 is 0.909 bits per heavy atom. The number of halogens is 4. The van der Waals surface area contributed by atoms with Gasteiger partial charge in [0.1, 0.15) is 11.4 Å². The molecule has 0 fully saturated rings. The van der Waals surface area contributed by atoms with E-state index in [9.17, 15) is 0 Å². The molecule has 2 aromatic carbocycles. The van der Waals surface area contributed by atoms with Crippen molar-refractivity contribution in [2.24, 2.45) is 10.2 Å². The Bertz CT molecular complexity index is 619. The Morgan fingerprint density at radius 1 is 0.636 bits per heavy atom. The van der Waals surface area contributed by atoms with E-state index in [1.54, 1.807) is 37.1 Å². The summed E-state index contributed by atoms with van der Waals surface area (Å²) in [6, 6.07) is 6.77. The smallest absolute Gasteiger partial charge is 0.123 e. The van der Waals surface area contributed by atoms with Crippen LogP contribution >= 0.6 is 46.4 Å². The average Bonchev–Trinajstić information content (AvgIpc) is 2.47. The van der Waals surface area contributed by atoms with Crippen molar-refractivity contribution in [1.29, 1.82) is 0 Å². The van der Waals surface area contributed by atoms with Crippen LogP contribution in [0, 0.1) is 26.7 Å². The standard InChI is InChI=1S/C16H10Cl4N2/c1-3-9-5-11(17)15(12(18)6-9)21-22-16-13(19)7-10(4-2)8-14(16)20/h3-8H,1-2H2/b22-21+. The zero-order valence-corrected chi connectivity index (χ0v) is 14.3. The molecule has 0 aliphatic heterocycles. The van der Waals surface area contributed by atoms with E-state index in [1.807, 2.05) is 0 Å². The third-order valence-corrected chi connectivity index (χ3v) is 3.95. The first-order chi connectivity index (χ1) is 10.5. The van der Waals surface area contributed by atoms with Gasteiger partial charge in [-0.1, -0.05) is 46.4 Å². The van der Waals surface area contributed by atoms with Crippen LogP contribution in [0.1, 0.15) is 11.1 Å². The van der Waals surface area contributed by atoms with Gasteiger partial charge in [0.25, 0.3) is 0 Å². The van der Waals surface area contributed by atoms with Gasteiger partial charge in [-0.15, -0.1) is 10.2 Å². The predicted molar refractivity (Wildman–Crippen MR) is 94.6 cm³/mol. The minimum absolute atomic E-state index is 0.342. The maximum absolute atomic E-state index is 6.14. The van der Waals surface area contributed by atoms with E-state index in [2.05, 4.69) is 24.1 Å². The SMILES string of the molecule is [CH2][CH]c1cc(Cl)c(/N=N/c2c(Cl)cc([CH][CH2])cc2Cl)c(Cl)c1. The largest absolute Gasteiger partial charge is 0.147 e. The van der Waals surface area contributed by atoms with Gasteiger partial charge in [0.05, 0.1) is 20.1 Å². The van der Waals surface area contributed by atoms with Crippen molar-refractivity contribution >= 4 is 57.8 Å². The number of hydrogen-bond acceptors (Lipinski definition) is 2. The molecule has 0 N–H and O–H groups in total. The molecule has 4 radical (unpaired) electrons. The van der Waals surface area contributed by atoms with E-state index in [0.29, 0.717) is 31.5 Å². The van der Waals surface area contributed by atoms with Crippen LogP contribution in [0.2, 0.25) is 20.1 Å². The molecule has 0 aromatic heterocycles. The fourth-order valence-electron chi connectivity index (χ4n) is 1.70. The molecular formula is C16H10Cl4N2. The Kier molecular flexibility index (Phi) is 6.10. The lowest BCUT2D eigenvalue weighted by atomic mass is 10.1. The second-order valence-electron chi connectivity index (χ2n) is 4.27. The molecule has 2 aromatic rings. The molecule has 112 valence electrons. The van der Waals surface area contributed by atoms with Crippen LogP contribution in [0.25, 0.3) is 0 Å². The Balaban J connectivity index is 2.41. The Hall–Kier alpha value is -0.800. The molecule has 0 saturated heterocycles. The van der Waals surface area contributed by atoms with Crippen LogP contribution in [0.3, 0.4) is 0 Å². The van der Waals surface area contributed by atoms with Crippen LogP contribution in [-0.4, -0.2) is 0 Å². The number of nitrogens with zero attached hydrogens (tertiary/aromatic N) is 2. The Labute approximate surface area is 150 Å². The third kappa shape index (κ3) is 3.94. The predicted octanol–water partition coefficient (Wildman–Crippen LogP) is 7.49. The fourth-order valence-corrected chi connectivity index (χ4v) is 2.86. The topological polar surface area (TPSA) is 24.7 Å². The highest BCUT2D eigenvalue weighted by molar-refractivity contribution is 6.39. The van der Waals surface area contributed by atoms with Crippen molar-refractivity contribution in [3.05, 3.63) is 82.2 Å². The second kappa shape index (κ2) is 7.65. The van der Waals surface area contributed by atoms with Gasteiger partial charge >= 0.3 is 0 Å². The molecule has 0 atom stereocenters. The normalized spacial score (nSPS) is 11.4. The van der Waals surface area contributed by atoms with Crippen molar-refractivity contribution in [3.63, 3.8) is 0 Å². The maximum Gasteiger partial charge on any atom is 0.123 e. The summed E-state index contributed by atoms with van der Waals surface area (Å²) < 4.78 is 0. The molecule has 0 spiro atoms. The van der Waals surface area contributed by atoms with Crippen molar-refractivity contribution < 1.29 is 0 Å². The molecule has 0 bridgehead atoms. The summed E-state index contributed by atoms with van der Waals surface area (Å²) in [4.78, 5) is 0. The first-order valence-electron chi connectivity index (χ1n) is 6.11. The summed E-state index contributed by atoms with van der Waals surface area (Å²) in [5.74, 6) is 0. The van der Waals surface area contributed by atoms with Crippen molar-refractivity contribution in [3.8, 4) is 0 Å². The highest BCUT2D eigenvalue weighted by atomic mass is 35.5. The molecule has 0 aliphatic rings. The fraction of sp³-hybridized carbons (Fsp3) is 0. The van der Waals surface area contributed by atoms with E-state index < -0.39 is 0 Å². The third-order valence-electron chi connectivity index (χ3n) is 2.80. The van der Waals surface area contributed by atoms with Gasteiger partial charge in [0.2, 0.25) is 0 Å². The molecule has 2 nitrogen and oxygen atoms in total. The lowest BCUT2D eigenvalue weighted by molar-refractivity contribution is 1.23. The van der Waals surface area contributed by atoms with Gasteiger partial charge in [-0.2, -0.15) is 0 Å². The van der Waals surface area contributed by atoms with Crippen molar-refractivity contribution in [1.82, 2.24) is 0 Å². The quantitative estimate of drug-likeness (QED) is 0.497. The molecule has 0 saturated carbocycles. The number of benzene rings is 2. The van der Waals surface area contributed by atoms with E-state index in [4.69, 9.17) is 46.4 Å². The zero-order valence-electron chi connectivity index (χ0n) is 11.3. The summed E-state index contributed by atoms with van der Waals surface area (Å²) in [5, 5.41) is 9.57. The number of azo groups is 1. The van der Waals surface area contributed by atoms with E-state index in [-0.39, 0.29) is 0 Å². The first-order valence-corrected chi connectivity index (χ1v) is 7.62. The summed E-state index contributed by atoms with van der Waals surface area (Å²) in [7, 11) is 0. The summed E-state index contributed by atoms with van der Waals surface area (Å²) in [5.41, 5.74) is 2.27. The van der Waals surface area contributed by atoms with E-state index in [1.165, 1.54) is 0 Å². The molecule has 0 unspecified atom stereocenters. The highest BCUT2D eigenvalue weighted by Gasteiger charge is 2.10. The molecule has 0 heterocycles. The van der Waals surface area contributed by atoms with Gasteiger partial charge in [-0.05, 0) is 62.1 Å². The van der Waals surface area contributed by atoms with Crippen LogP contribution in [0.15, 0.2) is 34.5 Å². The highest BCUT2D eigenvalue weighted by Crippen LogP contribution is 2.39. The van der Waals surface area contributed by atoms with Gasteiger partial charge in [0, 0.05) is 0 Å². The summed E-state index contributed by atoms with van der Waals surface area (Å²) in [6.45, 7) is 7.32. The van der Waals surface area contributed by atoms with Crippen LogP contribution in [0.5, 0.6) is 0 Å². The lowest BCUT2D eigenvalue weighted by Crippen LogP contribution is -1.81. The van der Waals surface area contributed by atoms with Crippen LogP contribution < -0.4 is 0 Å². The van der Waals surface area contributed by atoms with Crippen LogP contribution in [0.4, 0.5) is 11.4 Å².